The summed E-state index contributed by atoms with van der Waals surface area (Å²) >= 11 is 0. The Balaban J connectivity index is 1.02. The van der Waals surface area contributed by atoms with Crippen LogP contribution in [-0.2, 0) is 16.0 Å². The minimum absolute atomic E-state index is 0.114. The van der Waals surface area contributed by atoms with Gasteiger partial charge in [0.25, 0.3) is 5.91 Å². The largest absolute Gasteiger partial charge is 0.497 e. The molecular formula is C41H43N5O5. The second-order valence-electron chi connectivity index (χ2n) is 13.9. The van der Waals surface area contributed by atoms with Crippen molar-refractivity contribution < 1.29 is 24.2 Å². The van der Waals surface area contributed by atoms with Gasteiger partial charge >= 0.3 is 5.97 Å². The lowest BCUT2D eigenvalue weighted by molar-refractivity contribution is -0.153. The number of methoxy groups -OCH3 is 1. The third-order valence-corrected chi connectivity index (χ3v) is 10.7. The van der Waals surface area contributed by atoms with E-state index in [1.807, 2.05) is 48.8 Å². The number of aromatic amines is 1. The van der Waals surface area contributed by atoms with Crippen molar-refractivity contribution in [2.75, 3.05) is 20.2 Å². The van der Waals surface area contributed by atoms with Crippen molar-refractivity contribution in [1.82, 2.24) is 25.2 Å². The quantitative estimate of drug-likeness (QED) is 0.138. The fraction of sp³-hybridized carbons (Fsp3) is 0.341. The van der Waals surface area contributed by atoms with E-state index in [0.29, 0.717) is 23.2 Å². The van der Waals surface area contributed by atoms with E-state index in [4.69, 9.17) is 4.74 Å². The molecule has 0 bridgehead atoms. The van der Waals surface area contributed by atoms with Crippen LogP contribution in [0.3, 0.4) is 0 Å². The number of fused-ring (bicyclic) bond motifs is 1. The zero-order valence-corrected chi connectivity index (χ0v) is 29.0. The molecule has 262 valence electrons. The van der Waals surface area contributed by atoms with E-state index in [2.05, 4.69) is 51.5 Å². The van der Waals surface area contributed by atoms with Crippen molar-refractivity contribution in [3.8, 4) is 28.3 Å². The third-order valence-electron chi connectivity index (χ3n) is 10.7. The second kappa shape index (κ2) is 14.8. The Morgan fingerprint density at radius 2 is 1.59 bits per heavy atom. The van der Waals surface area contributed by atoms with Gasteiger partial charge in [0.1, 0.15) is 17.5 Å². The van der Waals surface area contributed by atoms with E-state index < -0.39 is 23.8 Å². The second-order valence-corrected chi connectivity index (χ2v) is 13.9. The molecular weight excluding hydrogens is 642 g/mol. The predicted molar refractivity (Wildman–Crippen MR) is 195 cm³/mol. The van der Waals surface area contributed by atoms with Gasteiger partial charge in [-0.15, -0.1) is 0 Å². The van der Waals surface area contributed by atoms with Gasteiger partial charge in [0.2, 0.25) is 5.91 Å². The van der Waals surface area contributed by atoms with Crippen LogP contribution in [-0.4, -0.2) is 69.0 Å². The summed E-state index contributed by atoms with van der Waals surface area (Å²) in [4.78, 5) is 52.2. The molecule has 51 heavy (non-hydrogen) atoms. The number of carbonyl (C=O) groups is 3. The molecule has 2 amide bonds. The fourth-order valence-electron chi connectivity index (χ4n) is 7.33. The molecule has 5 aromatic rings. The molecule has 3 heterocycles. The Labute approximate surface area is 297 Å². The number of nitrogens with one attached hydrogen (secondary N) is 2. The SMILES string of the molecule is CC[C@H]1CC[C@H](c2ccc(-c3cnc(-c4ccc(C[C@H](NC(=O)c5cc6cc(OC)ccc6[nH]5)C(=O)N5CC(C(=O)O)C5)cc4)nc3)cc2)CC1. The molecule has 2 aromatic heterocycles. The van der Waals surface area contributed by atoms with Crippen molar-refractivity contribution in [3.05, 3.63) is 102 Å². The van der Waals surface area contributed by atoms with E-state index >= 15 is 0 Å². The highest BCUT2D eigenvalue weighted by molar-refractivity contribution is 6.00. The van der Waals surface area contributed by atoms with Gasteiger partial charge in [0.15, 0.2) is 5.82 Å². The number of aromatic nitrogens is 3. The molecule has 7 rings (SSSR count). The molecule has 10 heteroatoms. The first kappa shape index (κ1) is 34.0. The van der Waals surface area contributed by atoms with Crippen LogP contribution in [0.5, 0.6) is 5.75 Å². The van der Waals surface area contributed by atoms with Gasteiger partial charge in [0.05, 0.1) is 13.0 Å². The lowest BCUT2D eigenvalue weighted by atomic mass is 9.78. The molecule has 0 radical (unpaired) electrons. The number of benzene rings is 3. The van der Waals surface area contributed by atoms with Crippen LogP contribution in [0.1, 0.15) is 66.6 Å². The average Bonchev–Trinajstić information content (AvgIpc) is 3.58. The molecule has 0 spiro atoms. The molecule has 1 aliphatic heterocycles. The zero-order chi connectivity index (χ0) is 35.5. The van der Waals surface area contributed by atoms with E-state index in [-0.39, 0.29) is 25.4 Å². The number of likely N-dealkylation sites (tertiary alicyclic amines) is 1. The van der Waals surface area contributed by atoms with E-state index in [1.54, 1.807) is 19.2 Å². The fourth-order valence-corrected chi connectivity index (χ4v) is 7.33. The molecule has 1 atom stereocenters. The van der Waals surface area contributed by atoms with E-state index in [9.17, 15) is 19.5 Å². The highest BCUT2D eigenvalue weighted by Crippen LogP contribution is 2.37. The maximum atomic E-state index is 13.6. The van der Waals surface area contributed by atoms with Crippen LogP contribution in [0.15, 0.2) is 85.2 Å². The van der Waals surface area contributed by atoms with Gasteiger partial charge in [-0.2, -0.15) is 0 Å². The van der Waals surface area contributed by atoms with Crippen molar-refractivity contribution in [1.29, 1.82) is 0 Å². The highest BCUT2D eigenvalue weighted by atomic mass is 16.5. The smallest absolute Gasteiger partial charge is 0.310 e. The van der Waals surface area contributed by atoms with Crippen LogP contribution in [0, 0.1) is 11.8 Å². The molecule has 3 N–H and O–H groups in total. The maximum absolute atomic E-state index is 13.6. The number of hydrogen-bond donors (Lipinski definition) is 3. The number of nitrogens with zero attached hydrogens (tertiary/aromatic N) is 3. The summed E-state index contributed by atoms with van der Waals surface area (Å²) in [6, 6.07) is 22.7. The van der Waals surface area contributed by atoms with Gasteiger partial charge in [-0.05, 0) is 78.5 Å². The van der Waals surface area contributed by atoms with Crippen LogP contribution >= 0.6 is 0 Å². The van der Waals surface area contributed by atoms with Crippen molar-refractivity contribution in [2.45, 2.75) is 57.4 Å². The monoisotopic (exact) mass is 685 g/mol. The van der Waals surface area contributed by atoms with E-state index in [0.717, 1.165) is 39.1 Å². The number of aliphatic carboxylic acids is 1. The molecule has 2 aliphatic rings. The van der Waals surface area contributed by atoms with Crippen molar-refractivity contribution in [2.24, 2.45) is 11.8 Å². The summed E-state index contributed by atoms with van der Waals surface area (Å²) in [7, 11) is 1.58. The first-order valence-corrected chi connectivity index (χ1v) is 17.8. The van der Waals surface area contributed by atoms with Gasteiger partial charge in [-0.25, -0.2) is 9.97 Å². The van der Waals surface area contributed by atoms with Crippen LogP contribution in [0.25, 0.3) is 33.4 Å². The summed E-state index contributed by atoms with van der Waals surface area (Å²) in [5, 5.41) is 13.0. The minimum atomic E-state index is -0.934. The summed E-state index contributed by atoms with van der Waals surface area (Å²) in [5.41, 5.74) is 6.19. The Hall–Kier alpha value is -5.51. The minimum Gasteiger partial charge on any atom is -0.497 e. The molecule has 2 fully saturated rings. The third kappa shape index (κ3) is 7.50. The Kier molecular flexibility index (Phi) is 9.83. The average molecular weight is 686 g/mol. The summed E-state index contributed by atoms with van der Waals surface area (Å²) in [5.74, 6) is 0.502. The topological polar surface area (TPSA) is 138 Å². The number of rotatable bonds is 11. The normalized spacial score (nSPS) is 18.2. The first-order chi connectivity index (χ1) is 24.8. The number of carboxylic acids is 1. The summed E-state index contributed by atoms with van der Waals surface area (Å²) in [6.07, 6.45) is 10.4. The lowest BCUT2D eigenvalue weighted by Gasteiger charge is -2.38. The van der Waals surface area contributed by atoms with Crippen LogP contribution < -0.4 is 10.1 Å². The van der Waals surface area contributed by atoms with Crippen LogP contribution in [0.2, 0.25) is 0 Å². The molecule has 3 aromatic carbocycles. The van der Waals surface area contributed by atoms with Crippen molar-refractivity contribution >= 4 is 28.7 Å². The molecule has 1 saturated heterocycles. The highest BCUT2D eigenvalue weighted by Gasteiger charge is 2.39. The van der Waals surface area contributed by atoms with Gasteiger partial charge in [-0.3, -0.25) is 14.4 Å². The standard InChI is InChI=1S/C41H43N5O5/c1-3-25-4-8-27(9-5-25)28-12-14-29(15-13-28)32-21-42-38(43-22-32)30-10-6-26(7-11-30)18-37(40(48)46-23-33(24-46)41(49)50)45-39(47)36-20-31-19-34(51-2)16-17-35(31)44-36/h6-7,10-17,19-22,25,27,33,37,44H,3-5,8-9,18,23-24H2,1-2H3,(H,45,47)(H,49,50)/t25-,27-,37-/m0/s1. The molecule has 0 unspecified atom stereocenters. The van der Waals surface area contributed by atoms with Gasteiger partial charge in [0, 0.05) is 53.9 Å². The van der Waals surface area contributed by atoms with Gasteiger partial charge in [-0.1, -0.05) is 61.9 Å². The lowest BCUT2D eigenvalue weighted by Crippen LogP contribution is -2.59. The van der Waals surface area contributed by atoms with Crippen molar-refractivity contribution in [3.63, 3.8) is 0 Å². The number of ether oxygens (including phenoxy) is 1. The number of H-pyrrole nitrogens is 1. The maximum Gasteiger partial charge on any atom is 0.310 e. The number of amides is 2. The predicted octanol–water partition coefficient (Wildman–Crippen LogP) is 6.87. The molecule has 10 nitrogen and oxygen atoms in total. The van der Waals surface area contributed by atoms with Crippen LogP contribution in [0.4, 0.5) is 0 Å². The summed E-state index contributed by atoms with van der Waals surface area (Å²) in [6.45, 7) is 2.53. The molecule has 1 saturated carbocycles. The van der Waals surface area contributed by atoms with Gasteiger partial charge < -0.3 is 25.0 Å². The number of carboxylic acid groups (broad SMARTS) is 1. The number of carbonyl (C=O) groups excluding carboxylic acids is 2. The van der Waals surface area contributed by atoms with E-state index in [1.165, 1.54) is 42.6 Å². The Bertz CT molecular complexity index is 2010. The Morgan fingerprint density at radius 1 is 0.902 bits per heavy atom. The first-order valence-electron chi connectivity index (χ1n) is 17.8. The summed E-state index contributed by atoms with van der Waals surface area (Å²) < 4.78 is 5.30. The number of hydrogen-bond acceptors (Lipinski definition) is 6. The Morgan fingerprint density at radius 3 is 2.24 bits per heavy atom. The molecule has 1 aliphatic carbocycles. The zero-order valence-electron chi connectivity index (χ0n) is 29.0.